The van der Waals surface area contributed by atoms with Gasteiger partial charge in [-0.25, -0.2) is 13.1 Å². The second-order valence-corrected chi connectivity index (χ2v) is 15.4. The van der Waals surface area contributed by atoms with Gasteiger partial charge in [-0.15, -0.1) is 0 Å². The second-order valence-electron chi connectivity index (χ2n) is 13.7. The van der Waals surface area contributed by atoms with Gasteiger partial charge >= 0.3 is 0 Å². The van der Waals surface area contributed by atoms with Gasteiger partial charge in [-0.1, -0.05) is 91.7 Å². The Morgan fingerprint density at radius 1 is 0.724 bits per heavy atom. The molecule has 3 rings (SSSR count). The highest BCUT2D eigenvalue weighted by atomic mass is 32.2. The fourth-order valence-corrected chi connectivity index (χ4v) is 7.17. The first-order valence-electron chi connectivity index (χ1n) is 19.3. The third-order valence-corrected chi connectivity index (χ3v) is 10.3. The Bertz CT molecular complexity index is 1860. The maximum atomic E-state index is 14.0. The van der Waals surface area contributed by atoms with Crippen molar-refractivity contribution in [2.24, 2.45) is 11.5 Å². The van der Waals surface area contributed by atoms with Gasteiger partial charge < -0.3 is 42.2 Å². The molecule has 0 bridgehead atoms. The first-order chi connectivity index (χ1) is 27.9. The fraction of sp³-hybridized carbons (Fsp3) is 0.439. The molecule has 3 aromatic rings. The molecule has 10 N–H and O–H groups in total. The minimum atomic E-state index is -3.99. The van der Waals surface area contributed by atoms with E-state index < -0.39 is 33.9 Å². The van der Waals surface area contributed by atoms with E-state index in [0.717, 1.165) is 16.7 Å². The zero-order chi connectivity index (χ0) is 42.2. The van der Waals surface area contributed by atoms with Crippen LogP contribution in [0.4, 0.5) is 0 Å². The average Bonchev–Trinajstić information content (AvgIpc) is 3.21. The van der Waals surface area contributed by atoms with E-state index in [-0.39, 0.29) is 62.2 Å². The molecule has 0 aliphatic carbocycles. The standard InChI is InChI=1S/C41H58N8O8S/c1-56-23-24-57-22-21-46-38(51)19-18-37(50)45-20-7-3-6-13-35(49-58(54,55)29-31-9-4-2-5-10-31)41(53)48-36(26-32-11-8-12-33(25-32)27-42)40(52)47-28-30-14-16-34(17-15-30)39(43)44/h2,4-5,8-12,14-17,25,35-36,49H,3,6-7,13,18-24,26-29,42H2,1H3,(H3,43,44)(H,45,50)(H,46,51)(H,47,52)(H,48,53)/t35-,36+/m1/s1. The van der Waals surface area contributed by atoms with E-state index in [4.69, 9.17) is 26.4 Å². The zero-order valence-corrected chi connectivity index (χ0v) is 33.9. The van der Waals surface area contributed by atoms with Crippen molar-refractivity contribution in [1.82, 2.24) is 26.0 Å². The van der Waals surface area contributed by atoms with Gasteiger partial charge in [0.1, 0.15) is 17.9 Å². The number of unbranched alkanes of at least 4 members (excludes halogenated alkanes) is 2. The normalized spacial score (nSPS) is 12.2. The summed E-state index contributed by atoms with van der Waals surface area (Å²) in [5.74, 6) is -2.09. The highest BCUT2D eigenvalue weighted by Gasteiger charge is 2.29. The lowest BCUT2D eigenvalue weighted by Gasteiger charge is -2.24. The van der Waals surface area contributed by atoms with E-state index in [9.17, 15) is 27.6 Å². The summed E-state index contributed by atoms with van der Waals surface area (Å²) in [6, 6.07) is 20.5. The van der Waals surface area contributed by atoms with Crippen LogP contribution in [0.1, 0.15) is 66.3 Å². The number of benzene rings is 3. The van der Waals surface area contributed by atoms with Crippen molar-refractivity contribution in [3.05, 3.63) is 107 Å². The number of ether oxygens (including phenoxy) is 2. The minimum absolute atomic E-state index is 0.0270. The number of amides is 4. The fourth-order valence-electron chi connectivity index (χ4n) is 5.80. The number of sulfonamides is 1. The maximum Gasteiger partial charge on any atom is 0.243 e. The summed E-state index contributed by atoms with van der Waals surface area (Å²) < 4.78 is 39.5. The average molecular weight is 823 g/mol. The summed E-state index contributed by atoms with van der Waals surface area (Å²) in [5, 5.41) is 18.8. The van der Waals surface area contributed by atoms with E-state index >= 15 is 0 Å². The topological polar surface area (TPSA) is 257 Å². The Balaban J connectivity index is 1.62. The quantitative estimate of drug-likeness (QED) is 0.0298. The van der Waals surface area contributed by atoms with Crippen molar-refractivity contribution in [2.75, 3.05) is 40.0 Å². The molecule has 4 amide bonds. The van der Waals surface area contributed by atoms with E-state index in [2.05, 4.69) is 26.0 Å². The van der Waals surface area contributed by atoms with Crippen LogP contribution in [-0.2, 0) is 63.9 Å². The molecule has 17 heteroatoms. The van der Waals surface area contributed by atoms with Crippen molar-refractivity contribution in [2.45, 2.75) is 75.9 Å². The number of carbonyl (C=O) groups excluding carboxylic acids is 4. The van der Waals surface area contributed by atoms with Crippen molar-refractivity contribution < 1.29 is 37.1 Å². The molecule has 0 unspecified atom stereocenters. The van der Waals surface area contributed by atoms with Crippen LogP contribution in [0.5, 0.6) is 0 Å². The summed E-state index contributed by atoms with van der Waals surface area (Å²) in [5.41, 5.74) is 14.8. The van der Waals surface area contributed by atoms with Gasteiger partial charge in [-0.2, -0.15) is 0 Å². The smallest absolute Gasteiger partial charge is 0.243 e. The number of carbonyl (C=O) groups is 4. The van der Waals surface area contributed by atoms with Crippen LogP contribution in [-0.4, -0.2) is 90.0 Å². The first-order valence-corrected chi connectivity index (χ1v) is 21.0. The van der Waals surface area contributed by atoms with Crippen molar-refractivity contribution >= 4 is 39.5 Å². The number of nitrogens with two attached hydrogens (primary N) is 2. The highest BCUT2D eigenvalue weighted by Crippen LogP contribution is 2.13. The third-order valence-electron chi connectivity index (χ3n) is 8.94. The largest absolute Gasteiger partial charge is 0.384 e. The molecular formula is C41H58N8O8S. The molecule has 316 valence electrons. The van der Waals surface area contributed by atoms with E-state index in [1.54, 1.807) is 61.7 Å². The van der Waals surface area contributed by atoms with Gasteiger partial charge in [-0.3, -0.25) is 24.6 Å². The van der Waals surface area contributed by atoms with E-state index in [0.29, 0.717) is 63.3 Å². The van der Waals surface area contributed by atoms with E-state index in [1.165, 1.54) is 0 Å². The lowest BCUT2D eigenvalue weighted by Crippen LogP contribution is -2.54. The molecule has 0 heterocycles. The summed E-state index contributed by atoms with van der Waals surface area (Å²) in [4.78, 5) is 52.0. The minimum Gasteiger partial charge on any atom is -0.384 e. The summed E-state index contributed by atoms with van der Waals surface area (Å²) in [6.07, 6.45) is 1.85. The molecule has 0 fully saturated rings. The van der Waals surface area contributed by atoms with Gasteiger partial charge in [0.05, 0.1) is 25.6 Å². The van der Waals surface area contributed by atoms with Crippen molar-refractivity contribution in [1.29, 1.82) is 5.41 Å². The summed E-state index contributed by atoms with van der Waals surface area (Å²) in [7, 11) is -2.42. The van der Waals surface area contributed by atoms with Gasteiger partial charge in [0.2, 0.25) is 33.7 Å². The Morgan fingerprint density at radius 2 is 1.40 bits per heavy atom. The van der Waals surface area contributed by atoms with Gasteiger partial charge in [-0.05, 0) is 35.1 Å². The Kier molecular flexibility index (Phi) is 21.1. The Labute approximate surface area is 341 Å². The monoisotopic (exact) mass is 822 g/mol. The van der Waals surface area contributed by atoms with Gasteiger partial charge in [0.25, 0.3) is 0 Å². The number of nitrogen functional groups attached to an aromatic ring is 1. The van der Waals surface area contributed by atoms with Crippen LogP contribution >= 0.6 is 0 Å². The van der Waals surface area contributed by atoms with Crippen molar-refractivity contribution in [3.8, 4) is 0 Å². The highest BCUT2D eigenvalue weighted by molar-refractivity contribution is 7.88. The number of hydrogen-bond donors (Lipinski definition) is 8. The third kappa shape index (κ3) is 18.8. The number of amidine groups is 1. The molecule has 0 aliphatic rings. The Morgan fingerprint density at radius 3 is 2.07 bits per heavy atom. The molecule has 0 spiro atoms. The van der Waals surface area contributed by atoms with Gasteiger partial charge in [0.15, 0.2) is 0 Å². The van der Waals surface area contributed by atoms with Crippen LogP contribution in [0.3, 0.4) is 0 Å². The molecule has 0 saturated heterocycles. The summed E-state index contributed by atoms with van der Waals surface area (Å²) in [6.45, 7) is 2.33. The van der Waals surface area contributed by atoms with E-state index in [1.807, 2.05) is 24.3 Å². The van der Waals surface area contributed by atoms with Crippen LogP contribution in [0.25, 0.3) is 0 Å². The molecule has 0 aliphatic heterocycles. The predicted molar refractivity (Wildman–Crippen MR) is 222 cm³/mol. The van der Waals surface area contributed by atoms with Crippen LogP contribution in [0, 0.1) is 5.41 Å². The lowest BCUT2D eigenvalue weighted by atomic mass is 10.0. The van der Waals surface area contributed by atoms with Crippen LogP contribution in [0.2, 0.25) is 0 Å². The maximum absolute atomic E-state index is 14.0. The lowest BCUT2D eigenvalue weighted by molar-refractivity contribution is -0.130. The van der Waals surface area contributed by atoms with Crippen LogP contribution < -0.4 is 37.5 Å². The molecule has 3 aromatic carbocycles. The van der Waals surface area contributed by atoms with Gasteiger partial charge in [0, 0.05) is 58.1 Å². The summed E-state index contributed by atoms with van der Waals surface area (Å²) >= 11 is 0. The molecule has 2 atom stereocenters. The number of rotatable bonds is 28. The van der Waals surface area contributed by atoms with Crippen LogP contribution in [0.15, 0.2) is 78.9 Å². The number of nitrogens with one attached hydrogen (secondary N) is 6. The second kappa shape index (κ2) is 25.9. The molecular weight excluding hydrogens is 765 g/mol. The molecule has 16 nitrogen and oxygen atoms in total. The Hall–Kier alpha value is -5.20. The molecule has 0 aromatic heterocycles. The molecule has 0 radical (unpaired) electrons. The number of methoxy groups -OCH3 is 1. The number of hydrogen-bond acceptors (Lipinski definition) is 10. The first kappa shape index (κ1) is 47.2. The predicted octanol–water partition coefficient (Wildman–Crippen LogP) is 1.50. The molecule has 58 heavy (non-hydrogen) atoms. The zero-order valence-electron chi connectivity index (χ0n) is 33.1. The van der Waals surface area contributed by atoms with Crippen molar-refractivity contribution in [3.63, 3.8) is 0 Å². The SMILES string of the molecule is COCCOCCNC(=O)CCC(=O)NCCCCC[C@@H](NS(=O)(=O)Cc1ccccc1)C(=O)N[C@@H](Cc1cccc(CN)c1)C(=O)NCc1ccc(C(=N)N)cc1. The molecule has 0 saturated carbocycles.